The van der Waals surface area contributed by atoms with Crippen LogP contribution in [0.1, 0.15) is 96.7 Å². The Labute approximate surface area is 188 Å². The lowest BCUT2D eigenvalue weighted by molar-refractivity contribution is -0.665. The molecule has 1 heterocycles. The molecule has 0 saturated heterocycles. The van der Waals surface area contributed by atoms with Crippen LogP contribution in [-0.2, 0) is 7.05 Å². The van der Waals surface area contributed by atoms with Crippen LogP contribution in [0.5, 0.6) is 0 Å². The van der Waals surface area contributed by atoms with Crippen LogP contribution in [0, 0.1) is 27.7 Å². The summed E-state index contributed by atoms with van der Waals surface area (Å²) in [6, 6.07) is 12.4. The van der Waals surface area contributed by atoms with E-state index >= 15 is 0 Å². The van der Waals surface area contributed by atoms with Crippen molar-refractivity contribution in [2.24, 2.45) is 7.05 Å². The van der Waals surface area contributed by atoms with E-state index in [0.717, 1.165) is 11.8 Å². The fourth-order valence-electron chi connectivity index (χ4n) is 6.34. The van der Waals surface area contributed by atoms with Gasteiger partial charge in [-0.2, -0.15) is 4.57 Å². The van der Waals surface area contributed by atoms with Crippen LogP contribution in [-0.4, -0.2) is 0 Å². The van der Waals surface area contributed by atoms with Gasteiger partial charge in [-0.3, -0.25) is 0 Å². The minimum absolute atomic E-state index is 0.745. The smallest absolute Gasteiger partial charge is 0.198 e. The zero-order valence-electron chi connectivity index (χ0n) is 20.1. The molecule has 0 N–H and O–H groups in total. The first-order valence-corrected chi connectivity index (χ1v) is 12.5. The summed E-state index contributed by atoms with van der Waals surface area (Å²) in [6.07, 6.45) is 11.0. The van der Waals surface area contributed by atoms with E-state index in [1.807, 2.05) is 0 Å². The van der Waals surface area contributed by atoms with Gasteiger partial charge in [0.1, 0.15) is 7.05 Å². The summed E-state index contributed by atoms with van der Waals surface area (Å²) >= 11 is 0. The Morgan fingerprint density at radius 2 is 1.29 bits per heavy atom. The third kappa shape index (κ3) is 3.51. The largest absolute Gasteiger partial charge is 0.220 e. The van der Waals surface area contributed by atoms with E-state index in [0.29, 0.717) is 0 Å². The highest BCUT2D eigenvalue weighted by molar-refractivity contribution is 5.96. The lowest BCUT2D eigenvalue weighted by atomic mass is 9.87. The summed E-state index contributed by atoms with van der Waals surface area (Å²) in [6.45, 7) is 9.23. The van der Waals surface area contributed by atoms with Crippen molar-refractivity contribution in [1.29, 1.82) is 0 Å². The van der Waals surface area contributed by atoms with Crippen molar-refractivity contribution in [3.63, 3.8) is 0 Å². The molecular formula is C30H38N+. The van der Waals surface area contributed by atoms with Gasteiger partial charge in [-0.25, -0.2) is 0 Å². The van der Waals surface area contributed by atoms with Gasteiger partial charge >= 0.3 is 0 Å². The van der Waals surface area contributed by atoms with Crippen molar-refractivity contribution in [1.82, 2.24) is 0 Å². The van der Waals surface area contributed by atoms with Gasteiger partial charge < -0.3 is 0 Å². The highest BCUT2D eigenvalue weighted by atomic mass is 14.9. The SMILES string of the molecule is Cc1cc(C2CCCC2)cc(-c2c3ccc(C4CCCC4)cc3c(C)c(C)[n+]2C)c1C. The fraction of sp³-hybridized carbons (Fsp3) is 0.500. The normalized spacial score (nSPS) is 17.8. The van der Waals surface area contributed by atoms with E-state index in [4.69, 9.17) is 0 Å². The van der Waals surface area contributed by atoms with Crippen LogP contribution >= 0.6 is 0 Å². The van der Waals surface area contributed by atoms with Crippen molar-refractivity contribution in [3.8, 4) is 11.3 Å². The zero-order valence-corrected chi connectivity index (χ0v) is 20.1. The molecule has 2 aliphatic rings. The summed E-state index contributed by atoms with van der Waals surface area (Å²) in [4.78, 5) is 0. The van der Waals surface area contributed by atoms with Crippen LogP contribution in [0.15, 0.2) is 30.3 Å². The number of nitrogens with zero attached hydrogens (tertiary/aromatic N) is 1. The maximum Gasteiger partial charge on any atom is 0.220 e. The van der Waals surface area contributed by atoms with E-state index in [2.05, 4.69) is 69.6 Å². The van der Waals surface area contributed by atoms with E-state index in [9.17, 15) is 0 Å². The Morgan fingerprint density at radius 3 is 1.94 bits per heavy atom. The van der Waals surface area contributed by atoms with Gasteiger partial charge in [0.05, 0.1) is 10.9 Å². The van der Waals surface area contributed by atoms with Crippen molar-refractivity contribution in [2.75, 3.05) is 0 Å². The highest BCUT2D eigenvalue weighted by Gasteiger charge is 2.26. The summed E-state index contributed by atoms with van der Waals surface area (Å²) in [7, 11) is 2.26. The molecular weight excluding hydrogens is 374 g/mol. The summed E-state index contributed by atoms with van der Waals surface area (Å²) in [5.41, 5.74) is 11.6. The number of pyridine rings is 1. The Bertz CT molecular complexity index is 1140. The molecule has 2 fully saturated rings. The number of rotatable bonds is 3. The molecule has 0 bridgehead atoms. The van der Waals surface area contributed by atoms with Crippen molar-refractivity contribution < 1.29 is 4.57 Å². The van der Waals surface area contributed by atoms with Gasteiger partial charge in [-0.1, -0.05) is 43.9 Å². The Morgan fingerprint density at radius 1 is 0.677 bits per heavy atom. The highest BCUT2D eigenvalue weighted by Crippen LogP contribution is 2.40. The Balaban J connectivity index is 1.74. The molecule has 1 aromatic heterocycles. The van der Waals surface area contributed by atoms with E-state index < -0.39 is 0 Å². The van der Waals surface area contributed by atoms with E-state index in [-0.39, 0.29) is 0 Å². The number of benzene rings is 2. The van der Waals surface area contributed by atoms with Crippen LogP contribution in [0.3, 0.4) is 0 Å². The van der Waals surface area contributed by atoms with Crippen molar-refractivity contribution in [3.05, 3.63) is 63.8 Å². The second kappa shape index (κ2) is 8.08. The molecule has 0 aliphatic heterocycles. The topological polar surface area (TPSA) is 3.88 Å². The third-order valence-corrected chi connectivity index (χ3v) is 8.68. The third-order valence-electron chi connectivity index (χ3n) is 8.68. The molecule has 31 heavy (non-hydrogen) atoms. The van der Waals surface area contributed by atoms with Gasteiger partial charge in [-0.15, -0.1) is 0 Å². The van der Waals surface area contributed by atoms with Crippen LogP contribution in [0.4, 0.5) is 0 Å². The average Bonchev–Trinajstić information content (AvgIpc) is 3.49. The lowest BCUT2D eigenvalue weighted by Crippen LogP contribution is -2.36. The van der Waals surface area contributed by atoms with Crippen LogP contribution in [0.25, 0.3) is 22.0 Å². The number of fused-ring (bicyclic) bond motifs is 1. The first kappa shape index (κ1) is 20.7. The number of hydrogen-bond acceptors (Lipinski definition) is 0. The number of aromatic nitrogens is 1. The van der Waals surface area contributed by atoms with Gasteiger partial charge in [0.25, 0.3) is 0 Å². The molecule has 1 nitrogen and oxygen atoms in total. The van der Waals surface area contributed by atoms with Crippen molar-refractivity contribution in [2.45, 2.75) is 90.9 Å². The number of hydrogen-bond donors (Lipinski definition) is 0. The molecule has 5 rings (SSSR count). The second-order valence-corrected chi connectivity index (χ2v) is 10.4. The molecule has 3 aromatic rings. The average molecular weight is 413 g/mol. The minimum atomic E-state index is 0.745. The Hall–Kier alpha value is -2.15. The van der Waals surface area contributed by atoms with E-state index in [1.54, 1.807) is 11.1 Å². The maximum absolute atomic E-state index is 2.53. The first-order chi connectivity index (χ1) is 15.0. The standard InChI is InChI=1S/C30H38N/c1-19-16-26(24-12-8-9-13-24)18-29(20(19)2)30-27-15-14-25(23-10-6-7-11-23)17-28(27)21(3)22(4)31(30)5/h14-18,23-24H,6-13H2,1-5H3/q+1. The zero-order chi connectivity index (χ0) is 21.7. The lowest BCUT2D eigenvalue weighted by Gasteiger charge is -2.18. The van der Waals surface area contributed by atoms with Gasteiger partial charge in [0.2, 0.25) is 5.69 Å². The van der Waals surface area contributed by atoms with Crippen LogP contribution in [0.2, 0.25) is 0 Å². The molecule has 162 valence electrons. The monoisotopic (exact) mass is 412 g/mol. The minimum Gasteiger partial charge on any atom is -0.198 e. The van der Waals surface area contributed by atoms with Gasteiger partial charge in [0.15, 0.2) is 5.69 Å². The van der Waals surface area contributed by atoms with E-state index in [1.165, 1.54) is 95.8 Å². The first-order valence-electron chi connectivity index (χ1n) is 12.5. The van der Waals surface area contributed by atoms with Gasteiger partial charge in [0, 0.05) is 12.5 Å². The van der Waals surface area contributed by atoms with Crippen molar-refractivity contribution >= 4 is 10.8 Å². The molecule has 0 unspecified atom stereocenters. The quantitative estimate of drug-likeness (QED) is 0.385. The fourth-order valence-corrected chi connectivity index (χ4v) is 6.34. The molecule has 2 aromatic carbocycles. The predicted octanol–water partition coefficient (Wildman–Crippen LogP) is 7.88. The summed E-state index contributed by atoms with van der Waals surface area (Å²) < 4.78 is 2.45. The summed E-state index contributed by atoms with van der Waals surface area (Å²) in [5.74, 6) is 1.51. The Kier molecular flexibility index (Phi) is 5.40. The summed E-state index contributed by atoms with van der Waals surface area (Å²) in [5, 5.41) is 2.87. The molecule has 2 saturated carbocycles. The molecule has 1 heteroatoms. The molecule has 2 aliphatic carbocycles. The maximum atomic E-state index is 2.53. The van der Waals surface area contributed by atoms with Crippen LogP contribution < -0.4 is 4.57 Å². The second-order valence-electron chi connectivity index (χ2n) is 10.4. The molecule has 0 radical (unpaired) electrons. The van der Waals surface area contributed by atoms with Gasteiger partial charge in [-0.05, 0) is 98.1 Å². The molecule has 0 spiro atoms. The molecule has 0 amide bonds. The number of aryl methyl sites for hydroxylation is 2. The predicted molar refractivity (Wildman–Crippen MR) is 132 cm³/mol. The molecule has 0 atom stereocenters.